The van der Waals surface area contributed by atoms with E-state index < -0.39 is 28.1 Å². The molecule has 0 amide bonds. The van der Waals surface area contributed by atoms with E-state index in [9.17, 15) is 18.3 Å². The molecule has 1 saturated heterocycles. The number of hydrogen-bond acceptors (Lipinski definition) is 4. The van der Waals surface area contributed by atoms with Gasteiger partial charge < -0.3 is 10.2 Å². The van der Waals surface area contributed by atoms with Crippen molar-refractivity contribution in [2.75, 3.05) is 12.3 Å². The van der Waals surface area contributed by atoms with E-state index in [-0.39, 0.29) is 24.6 Å². The van der Waals surface area contributed by atoms with Gasteiger partial charge in [-0.1, -0.05) is 37.3 Å². The highest BCUT2D eigenvalue weighted by Gasteiger charge is 2.43. The summed E-state index contributed by atoms with van der Waals surface area (Å²) in [6.07, 6.45) is -0.984. The molecule has 0 radical (unpaired) electrons. The lowest BCUT2D eigenvalue weighted by Gasteiger charge is -2.23. The van der Waals surface area contributed by atoms with Gasteiger partial charge >= 0.3 is 5.97 Å². The lowest BCUT2D eigenvalue weighted by molar-refractivity contribution is -0.140. The minimum absolute atomic E-state index is 0.0612. The fourth-order valence-corrected chi connectivity index (χ4v) is 4.58. The lowest BCUT2D eigenvalue weighted by Crippen LogP contribution is -2.42. The molecule has 3 atom stereocenters. The summed E-state index contributed by atoms with van der Waals surface area (Å²) in [5.41, 5.74) is 0.882. The number of rotatable bonds is 5. The van der Waals surface area contributed by atoms with Crippen LogP contribution in [0.5, 0.6) is 0 Å². The third-order valence-electron chi connectivity index (χ3n) is 3.71. The van der Waals surface area contributed by atoms with Crippen molar-refractivity contribution in [3.63, 3.8) is 0 Å². The van der Waals surface area contributed by atoms with Crippen LogP contribution in [-0.4, -0.2) is 53.3 Å². The zero-order chi connectivity index (χ0) is 15.6. The number of aliphatic carboxylic acids is 1. The van der Waals surface area contributed by atoms with E-state index in [1.807, 2.05) is 30.3 Å². The molecule has 2 N–H and O–H groups in total. The van der Waals surface area contributed by atoms with Crippen molar-refractivity contribution in [2.24, 2.45) is 0 Å². The van der Waals surface area contributed by atoms with Crippen molar-refractivity contribution in [1.29, 1.82) is 0 Å². The Morgan fingerprint density at radius 3 is 2.57 bits per heavy atom. The number of benzene rings is 1. The molecule has 0 bridgehead atoms. The number of hydrogen-bond donors (Lipinski definition) is 2. The first-order valence-corrected chi connectivity index (χ1v) is 8.37. The predicted octanol–water partition coefficient (Wildman–Crippen LogP) is 0.640. The highest BCUT2D eigenvalue weighted by atomic mass is 32.2. The second kappa shape index (κ2) is 6.13. The van der Waals surface area contributed by atoms with E-state index >= 15 is 0 Å². The first-order valence-electron chi connectivity index (χ1n) is 6.76. The Morgan fingerprint density at radius 2 is 2.00 bits per heavy atom. The maximum Gasteiger partial charge on any atom is 0.322 e. The molecule has 1 heterocycles. The van der Waals surface area contributed by atoms with Crippen LogP contribution in [0.1, 0.15) is 24.8 Å². The van der Waals surface area contributed by atoms with Gasteiger partial charge in [0.2, 0.25) is 10.0 Å². The molecule has 0 aliphatic carbocycles. The molecule has 21 heavy (non-hydrogen) atoms. The van der Waals surface area contributed by atoms with Crippen LogP contribution in [0.4, 0.5) is 0 Å². The number of carboxylic acid groups (broad SMARTS) is 1. The van der Waals surface area contributed by atoms with E-state index in [0.29, 0.717) is 0 Å². The third kappa shape index (κ3) is 3.61. The van der Waals surface area contributed by atoms with Gasteiger partial charge in [-0.25, -0.2) is 8.42 Å². The van der Waals surface area contributed by atoms with Crippen LogP contribution in [0.15, 0.2) is 30.3 Å². The Kier molecular flexibility index (Phi) is 4.65. The van der Waals surface area contributed by atoms with Gasteiger partial charge in [0.15, 0.2) is 0 Å². The van der Waals surface area contributed by atoms with Crippen molar-refractivity contribution >= 4 is 16.0 Å². The Balaban J connectivity index is 2.16. The summed E-state index contributed by atoms with van der Waals surface area (Å²) < 4.78 is 25.8. The van der Waals surface area contributed by atoms with E-state index in [2.05, 4.69) is 0 Å². The molecule has 1 aromatic carbocycles. The standard InChI is InChI=1S/C14H19NO5S/c1-10(11-5-3-2-4-6-11)9-21(19,20)15-8-12(16)7-13(15)14(17)18/h2-6,10,12-13,16H,7-9H2,1H3,(H,17,18)/t10?,12-,13+/m1/s1. The fraction of sp³-hybridized carbons (Fsp3) is 0.500. The van der Waals surface area contributed by atoms with Crippen LogP contribution < -0.4 is 0 Å². The van der Waals surface area contributed by atoms with Crippen LogP contribution >= 0.6 is 0 Å². The summed E-state index contributed by atoms with van der Waals surface area (Å²) in [6.45, 7) is 1.63. The SMILES string of the molecule is CC(CS(=O)(=O)N1C[C@H](O)C[C@H]1C(=O)O)c1ccccc1. The van der Waals surface area contributed by atoms with E-state index in [1.54, 1.807) is 6.92 Å². The third-order valence-corrected chi connectivity index (χ3v) is 5.74. The highest BCUT2D eigenvalue weighted by molar-refractivity contribution is 7.89. The quantitative estimate of drug-likeness (QED) is 0.832. The van der Waals surface area contributed by atoms with Crippen LogP contribution in [0.25, 0.3) is 0 Å². The Morgan fingerprint density at radius 1 is 1.38 bits per heavy atom. The van der Waals surface area contributed by atoms with E-state index in [1.165, 1.54) is 0 Å². The molecule has 0 aromatic heterocycles. The van der Waals surface area contributed by atoms with Gasteiger partial charge in [-0.15, -0.1) is 0 Å². The van der Waals surface area contributed by atoms with Gasteiger partial charge in [-0.05, 0) is 11.5 Å². The number of carbonyl (C=O) groups is 1. The Labute approximate surface area is 124 Å². The zero-order valence-electron chi connectivity index (χ0n) is 11.7. The molecular weight excluding hydrogens is 294 g/mol. The summed E-state index contributed by atoms with van der Waals surface area (Å²) in [7, 11) is -3.74. The van der Waals surface area contributed by atoms with Gasteiger partial charge in [-0.2, -0.15) is 4.31 Å². The van der Waals surface area contributed by atoms with E-state index in [4.69, 9.17) is 5.11 Å². The molecule has 0 saturated carbocycles. The number of aliphatic hydroxyl groups is 1. The molecule has 1 fully saturated rings. The number of β-amino-alcohol motifs (C(OH)–C–C–N with tert-alkyl or cyclic N) is 1. The molecule has 1 aliphatic rings. The van der Waals surface area contributed by atoms with Crippen molar-refractivity contribution in [3.8, 4) is 0 Å². The molecule has 7 heteroatoms. The van der Waals surface area contributed by atoms with Crippen LogP contribution in [-0.2, 0) is 14.8 Å². The number of carboxylic acids is 1. The van der Waals surface area contributed by atoms with Gasteiger partial charge in [0, 0.05) is 13.0 Å². The average Bonchev–Trinajstić information content (AvgIpc) is 2.82. The van der Waals surface area contributed by atoms with Crippen molar-refractivity contribution < 1.29 is 23.4 Å². The van der Waals surface area contributed by atoms with Crippen LogP contribution in [0, 0.1) is 0 Å². The first-order chi connectivity index (χ1) is 9.81. The minimum Gasteiger partial charge on any atom is -0.480 e. The summed E-state index contributed by atoms with van der Waals surface area (Å²) >= 11 is 0. The molecule has 116 valence electrons. The molecule has 6 nitrogen and oxygen atoms in total. The van der Waals surface area contributed by atoms with Crippen LogP contribution in [0.3, 0.4) is 0 Å². The van der Waals surface area contributed by atoms with Gasteiger partial charge in [0.25, 0.3) is 0 Å². The van der Waals surface area contributed by atoms with Crippen LogP contribution in [0.2, 0.25) is 0 Å². The monoisotopic (exact) mass is 313 g/mol. The highest BCUT2D eigenvalue weighted by Crippen LogP contribution is 2.25. The predicted molar refractivity (Wildman–Crippen MR) is 77.4 cm³/mol. The molecule has 2 rings (SSSR count). The molecule has 1 unspecified atom stereocenters. The second-order valence-corrected chi connectivity index (χ2v) is 7.37. The molecule has 1 aromatic rings. The topological polar surface area (TPSA) is 94.9 Å². The zero-order valence-corrected chi connectivity index (χ0v) is 12.5. The first kappa shape index (κ1) is 15.9. The van der Waals surface area contributed by atoms with Crippen molar-refractivity contribution in [2.45, 2.75) is 31.4 Å². The fourth-order valence-electron chi connectivity index (χ4n) is 2.61. The lowest BCUT2D eigenvalue weighted by atomic mass is 10.0. The van der Waals surface area contributed by atoms with E-state index in [0.717, 1.165) is 9.87 Å². The molecule has 1 aliphatic heterocycles. The summed E-state index contributed by atoms with van der Waals surface area (Å²) in [4.78, 5) is 11.1. The number of nitrogens with zero attached hydrogens (tertiary/aromatic N) is 1. The van der Waals surface area contributed by atoms with Crippen molar-refractivity contribution in [3.05, 3.63) is 35.9 Å². The van der Waals surface area contributed by atoms with Crippen molar-refractivity contribution in [1.82, 2.24) is 4.31 Å². The Hall–Kier alpha value is -1.44. The summed E-state index contributed by atoms with van der Waals surface area (Å²) in [6, 6.07) is 8.02. The largest absolute Gasteiger partial charge is 0.480 e. The minimum atomic E-state index is -3.74. The maximum absolute atomic E-state index is 12.4. The van der Waals surface area contributed by atoms with Gasteiger partial charge in [0.1, 0.15) is 6.04 Å². The summed E-state index contributed by atoms with van der Waals surface area (Å²) in [5, 5.41) is 18.7. The Bertz CT molecular complexity index is 601. The molecular formula is C14H19NO5S. The summed E-state index contributed by atoms with van der Waals surface area (Å²) in [5.74, 6) is -1.64. The normalized spacial score (nSPS) is 24.9. The average molecular weight is 313 g/mol. The second-order valence-electron chi connectivity index (χ2n) is 5.40. The number of aliphatic hydroxyl groups excluding tert-OH is 1. The number of sulfonamides is 1. The van der Waals surface area contributed by atoms with Gasteiger partial charge in [-0.3, -0.25) is 4.79 Å². The maximum atomic E-state index is 12.4. The smallest absolute Gasteiger partial charge is 0.322 e. The molecule has 0 spiro atoms. The van der Waals surface area contributed by atoms with Gasteiger partial charge in [0.05, 0.1) is 11.9 Å².